The van der Waals surface area contributed by atoms with Gasteiger partial charge in [0.1, 0.15) is 0 Å². The fourth-order valence-corrected chi connectivity index (χ4v) is 2.40. The van der Waals surface area contributed by atoms with Crippen molar-refractivity contribution in [1.29, 1.82) is 0 Å². The molecule has 3 nitrogen and oxygen atoms in total. The van der Waals surface area contributed by atoms with Crippen molar-refractivity contribution in [2.45, 2.75) is 12.8 Å². The molecule has 0 atom stereocenters. The van der Waals surface area contributed by atoms with E-state index in [1.165, 1.54) is 24.3 Å². The summed E-state index contributed by atoms with van der Waals surface area (Å²) in [5.41, 5.74) is 4.95. The molecule has 0 spiro atoms. The first-order valence-corrected chi connectivity index (χ1v) is 5.05. The molecular weight excluding hydrogens is 160 g/mol. The summed E-state index contributed by atoms with van der Waals surface area (Å²) < 4.78 is 0. The zero-order valence-electron chi connectivity index (χ0n) is 6.51. The van der Waals surface area contributed by atoms with Gasteiger partial charge in [0, 0.05) is 6.54 Å². The monoisotopic (exact) mass is 174 g/mol. The third-order valence-corrected chi connectivity index (χ3v) is 2.95. The fraction of sp³-hybridized carbons (Fsp3) is 0.857. The molecule has 0 radical (unpaired) electrons. The van der Waals surface area contributed by atoms with Crippen molar-refractivity contribution < 1.29 is 4.79 Å². The Morgan fingerprint density at radius 1 is 1.55 bits per heavy atom. The van der Waals surface area contributed by atoms with Crippen LogP contribution in [0.15, 0.2) is 0 Å². The maximum absolute atomic E-state index is 10.3. The predicted octanol–water partition coefficient (Wildman–Crippen LogP) is 0.798. The minimum absolute atomic E-state index is 0.400. The Morgan fingerprint density at radius 3 is 2.73 bits per heavy atom. The molecule has 1 heterocycles. The first-order valence-electron chi connectivity index (χ1n) is 3.90. The van der Waals surface area contributed by atoms with Crippen LogP contribution in [0, 0.1) is 5.92 Å². The molecule has 11 heavy (non-hydrogen) atoms. The number of hydrogen-bond acceptors (Lipinski definition) is 2. The van der Waals surface area contributed by atoms with E-state index in [1.54, 1.807) is 0 Å². The minimum Gasteiger partial charge on any atom is -0.352 e. The first kappa shape index (κ1) is 8.71. The molecular formula is C7H14N2OS. The van der Waals surface area contributed by atoms with Crippen molar-refractivity contribution in [1.82, 2.24) is 5.32 Å². The first-order chi connectivity index (χ1) is 5.29. The Kier molecular flexibility index (Phi) is 3.56. The van der Waals surface area contributed by atoms with Crippen molar-refractivity contribution in [3.05, 3.63) is 0 Å². The van der Waals surface area contributed by atoms with E-state index in [0.29, 0.717) is 5.92 Å². The molecule has 1 rings (SSSR count). The highest BCUT2D eigenvalue weighted by molar-refractivity contribution is 7.99. The summed E-state index contributed by atoms with van der Waals surface area (Å²) >= 11 is 1.99. The summed E-state index contributed by atoms with van der Waals surface area (Å²) in [5.74, 6) is 3.11. The molecule has 0 saturated carbocycles. The van der Waals surface area contributed by atoms with Gasteiger partial charge in [0.2, 0.25) is 0 Å². The second-order valence-electron chi connectivity index (χ2n) is 2.80. The predicted molar refractivity (Wildman–Crippen MR) is 47.6 cm³/mol. The van der Waals surface area contributed by atoms with E-state index in [-0.39, 0.29) is 0 Å². The number of rotatable bonds is 2. The average Bonchev–Trinajstić information content (AvgIpc) is 2.03. The van der Waals surface area contributed by atoms with Crippen LogP contribution >= 0.6 is 11.8 Å². The van der Waals surface area contributed by atoms with Gasteiger partial charge in [-0.2, -0.15) is 11.8 Å². The lowest BCUT2D eigenvalue weighted by molar-refractivity contribution is 0.246. The normalized spacial score (nSPS) is 19.6. The van der Waals surface area contributed by atoms with Gasteiger partial charge in [-0.25, -0.2) is 4.79 Å². The van der Waals surface area contributed by atoms with Gasteiger partial charge in [-0.3, -0.25) is 0 Å². The van der Waals surface area contributed by atoms with Gasteiger partial charge >= 0.3 is 6.03 Å². The standard InChI is InChI=1S/C7H14N2OS/c8-7(10)9-5-6-1-3-11-4-2-6/h6H,1-5H2,(H3,8,9,10). The van der Waals surface area contributed by atoms with E-state index in [0.717, 1.165) is 6.54 Å². The van der Waals surface area contributed by atoms with Crippen LogP contribution in [0.5, 0.6) is 0 Å². The van der Waals surface area contributed by atoms with Gasteiger partial charge in [0.15, 0.2) is 0 Å². The van der Waals surface area contributed by atoms with Gasteiger partial charge in [0.05, 0.1) is 0 Å². The topological polar surface area (TPSA) is 55.1 Å². The van der Waals surface area contributed by atoms with Gasteiger partial charge in [-0.05, 0) is 30.3 Å². The zero-order chi connectivity index (χ0) is 8.10. The van der Waals surface area contributed by atoms with Gasteiger partial charge < -0.3 is 11.1 Å². The number of nitrogens with one attached hydrogen (secondary N) is 1. The number of urea groups is 1. The van der Waals surface area contributed by atoms with Crippen molar-refractivity contribution in [2.75, 3.05) is 18.1 Å². The largest absolute Gasteiger partial charge is 0.352 e. The summed E-state index contributed by atoms with van der Waals surface area (Å²) in [6.07, 6.45) is 2.43. The third-order valence-electron chi connectivity index (χ3n) is 1.91. The molecule has 0 aliphatic carbocycles. The van der Waals surface area contributed by atoms with Crippen LogP contribution in [0.2, 0.25) is 0 Å². The Hall–Kier alpha value is -0.380. The Labute approximate surface area is 71.1 Å². The lowest BCUT2D eigenvalue weighted by Gasteiger charge is -2.20. The maximum atomic E-state index is 10.3. The molecule has 0 unspecified atom stereocenters. The molecule has 0 bridgehead atoms. The van der Waals surface area contributed by atoms with Crippen LogP contribution < -0.4 is 11.1 Å². The molecule has 0 aromatic carbocycles. The van der Waals surface area contributed by atoms with Crippen LogP contribution in [-0.2, 0) is 0 Å². The maximum Gasteiger partial charge on any atom is 0.312 e. The lowest BCUT2D eigenvalue weighted by Crippen LogP contribution is -2.34. The number of primary amides is 1. The molecule has 3 N–H and O–H groups in total. The molecule has 1 fully saturated rings. The Bertz CT molecular complexity index is 134. The van der Waals surface area contributed by atoms with E-state index in [9.17, 15) is 4.79 Å². The van der Waals surface area contributed by atoms with Gasteiger partial charge in [0.25, 0.3) is 0 Å². The summed E-state index contributed by atoms with van der Waals surface area (Å²) in [7, 11) is 0. The second-order valence-corrected chi connectivity index (χ2v) is 4.03. The Morgan fingerprint density at radius 2 is 2.18 bits per heavy atom. The number of hydrogen-bond donors (Lipinski definition) is 2. The smallest absolute Gasteiger partial charge is 0.312 e. The quantitative estimate of drug-likeness (QED) is 0.650. The van der Waals surface area contributed by atoms with E-state index < -0.39 is 6.03 Å². The van der Waals surface area contributed by atoms with E-state index >= 15 is 0 Å². The van der Waals surface area contributed by atoms with Crippen LogP contribution in [0.3, 0.4) is 0 Å². The van der Waals surface area contributed by atoms with E-state index in [1.807, 2.05) is 11.8 Å². The highest BCUT2D eigenvalue weighted by Gasteiger charge is 2.13. The fourth-order valence-electron chi connectivity index (χ4n) is 1.20. The summed E-state index contributed by atoms with van der Waals surface area (Å²) in [6.45, 7) is 0.760. The van der Waals surface area contributed by atoms with Crippen LogP contribution in [-0.4, -0.2) is 24.1 Å². The molecule has 1 aliphatic rings. The third kappa shape index (κ3) is 3.51. The van der Waals surface area contributed by atoms with E-state index in [2.05, 4.69) is 5.32 Å². The number of nitrogens with two attached hydrogens (primary N) is 1. The van der Waals surface area contributed by atoms with Gasteiger partial charge in [-0.15, -0.1) is 0 Å². The molecule has 0 aromatic rings. The van der Waals surface area contributed by atoms with Crippen LogP contribution in [0.4, 0.5) is 4.79 Å². The number of amides is 2. The van der Waals surface area contributed by atoms with Crippen molar-refractivity contribution in [3.63, 3.8) is 0 Å². The molecule has 4 heteroatoms. The number of carbonyl (C=O) groups is 1. The van der Waals surface area contributed by atoms with Gasteiger partial charge in [-0.1, -0.05) is 0 Å². The number of carbonyl (C=O) groups excluding carboxylic acids is 1. The summed E-state index contributed by atoms with van der Waals surface area (Å²) in [6, 6.07) is -0.400. The Balaban J connectivity index is 2.09. The highest BCUT2D eigenvalue weighted by atomic mass is 32.2. The molecule has 2 amide bonds. The van der Waals surface area contributed by atoms with Crippen molar-refractivity contribution in [3.8, 4) is 0 Å². The average molecular weight is 174 g/mol. The minimum atomic E-state index is -0.400. The van der Waals surface area contributed by atoms with Crippen LogP contribution in [0.1, 0.15) is 12.8 Å². The SMILES string of the molecule is NC(=O)NCC1CCSCC1. The molecule has 1 saturated heterocycles. The van der Waals surface area contributed by atoms with Crippen LogP contribution in [0.25, 0.3) is 0 Å². The van der Waals surface area contributed by atoms with Crippen molar-refractivity contribution >= 4 is 17.8 Å². The van der Waals surface area contributed by atoms with Crippen molar-refractivity contribution in [2.24, 2.45) is 11.7 Å². The molecule has 0 aromatic heterocycles. The molecule has 64 valence electrons. The zero-order valence-corrected chi connectivity index (χ0v) is 7.32. The molecule has 1 aliphatic heterocycles. The van der Waals surface area contributed by atoms with E-state index in [4.69, 9.17) is 5.73 Å². The highest BCUT2D eigenvalue weighted by Crippen LogP contribution is 2.21. The lowest BCUT2D eigenvalue weighted by atomic mass is 10.0. The summed E-state index contributed by atoms with van der Waals surface area (Å²) in [4.78, 5) is 10.3. The number of thioether (sulfide) groups is 1. The second kappa shape index (κ2) is 4.49. The summed E-state index contributed by atoms with van der Waals surface area (Å²) in [5, 5.41) is 2.64.